The molecular weight excluding hydrogens is 254 g/mol. The summed E-state index contributed by atoms with van der Waals surface area (Å²) < 4.78 is 1.14. The number of halogens is 1. The van der Waals surface area contributed by atoms with Gasteiger partial charge >= 0.3 is 0 Å². The first-order valence-electron chi connectivity index (χ1n) is 5.13. The Morgan fingerprint density at radius 3 is 2.80 bits per heavy atom. The Labute approximate surface area is 98.2 Å². The number of hydrogen-bond donors (Lipinski definition) is 1. The van der Waals surface area contributed by atoms with E-state index >= 15 is 0 Å². The van der Waals surface area contributed by atoms with Crippen LogP contribution in [0.25, 0.3) is 0 Å². The molecule has 0 unspecified atom stereocenters. The van der Waals surface area contributed by atoms with Crippen molar-refractivity contribution in [2.75, 3.05) is 6.54 Å². The standard InChI is InChI=1S/C12H14BrNO/c1-7-5-11(13)9-3-4-14-12(15)6-10(9)8(7)2/h5H,3-4,6H2,1-2H3,(H,14,15). The summed E-state index contributed by atoms with van der Waals surface area (Å²) in [5.41, 5.74) is 4.99. The molecule has 1 aliphatic heterocycles. The van der Waals surface area contributed by atoms with Gasteiger partial charge in [-0.3, -0.25) is 4.79 Å². The minimum Gasteiger partial charge on any atom is -0.355 e. The Kier molecular flexibility index (Phi) is 2.83. The van der Waals surface area contributed by atoms with Gasteiger partial charge in [0, 0.05) is 11.0 Å². The van der Waals surface area contributed by atoms with Gasteiger partial charge in [0.2, 0.25) is 5.91 Å². The number of benzene rings is 1. The molecule has 0 saturated heterocycles. The molecule has 1 aromatic carbocycles. The van der Waals surface area contributed by atoms with Crippen LogP contribution in [-0.4, -0.2) is 12.5 Å². The Morgan fingerprint density at radius 2 is 2.07 bits per heavy atom. The van der Waals surface area contributed by atoms with E-state index in [0.717, 1.165) is 17.4 Å². The maximum atomic E-state index is 11.5. The van der Waals surface area contributed by atoms with E-state index in [1.54, 1.807) is 0 Å². The van der Waals surface area contributed by atoms with E-state index in [1.165, 1.54) is 22.3 Å². The van der Waals surface area contributed by atoms with Crippen LogP contribution >= 0.6 is 15.9 Å². The van der Waals surface area contributed by atoms with Crippen LogP contribution in [0, 0.1) is 13.8 Å². The smallest absolute Gasteiger partial charge is 0.224 e. The molecule has 1 aliphatic rings. The molecule has 1 amide bonds. The van der Waals surface area contributed by atoms with Crippen molar-refractivity contribution in [2.24, 2.45) is 0 Å². The molecule has 1 heterocycles. The first kappa shape index (κ1) is 10.7. The molecule has 0 aromatic heterocycles. The predicted molar refractivity (Wildman–Crippen MR) is 64.0 cm³/mol. The highest BCUT2D eigenvalue weighted by atomic mass is 79.9. The van der Waals surface area contributed by atoms with E-state index in [-0.39, 0.29) is 5.91 Å². The molecule has 0 bridgehead atoms. The summed E-state index contributed by atoms with van der Waals surface area (Å²) in [7, 11) is 0. The zero-order valence-corrected chi connectivity index (χ0v) is 10.6. The molecule has 2 nitrogen and oxygen atoms in total. The highest BCUT2D eigenvalue weighted by molar-refractivity contribution is 9.10. The maximum absolute atomic E-state index is 11.5. The molecule has 0 saturated carbocycles. The number of nitrogens with one attached hydrogen (secondary N) is 1. The number of amides is 1. The third kappa shape index (κ3) is 1.93. The summed E-state index contributed by atoms with van der Waals surface area (Å²) >= 11 is 3.58. The molecular formula is C12H14BrNO. The van der Waals surface area contributed by atoms with Gasteiger partial charge in [-0.1, -0.05) is 15.9 Å². The van der Waals surface area contributed by atoms with E-state index in [2.05, 4.69) is 41.2 Å². The fourth-order valence-electron chi connectivity index (χ4n) is 2.05. The molecule has 1 N–H and O–H groups in total. The molecule has 0 aliphatic carbocycles. The van der Waals surface area contributed by atoms with Gasteiger partial charge in [0.1, 0.15) is 0 Å². The van der Waals surface area contributed by atoms with Gasteiger partial charge in [-0.25, -0.2) is 0 Å². The van der Waals surface area contributed by atoms with Crippen LogP contribution in [0.4, 0.5) is 0 Å². The van der Waals surface area contributed by atoms with Crippen molar-refractivity contribution >= 4 is 21.8 Å². The van der Waals surface area contributed by atoms with Crippen LogP contribution in [-0.2, 0) is 17.6 Å². The van der Waals surface area contributed by atoms with Crippen LogP contribution < -0.4 is 5.32 Å². The van der Waals surface area contributed by atoms with E-state index in [0.29, 0.717) is 6.42 Å². The number of rotatable bonds is 0. The van der Waals surface area contributed by atoms with Crippen molar-refractivity contribution < 1.29 is 4.79 Å². The van der Waals surface area contributed by atoms with Gasteiger partial charge in [0.15, 0.2) is 0 Å². The Hall–Kier alpha value is -0.830. The molecule has 2 rings (SSSR count). The average molecular weight is 268 g/mol. The topological polar surface area (TPSA) is 29.1 Å². The van der Waals surface area contributed by atoms with Gasteiger partial charge in [-0.05, 0) is 48.6 Å². The molecule has 1 aromatic rings. The van der Waals surface area contributed by atoms with Crippen LogP contribution in [0.5, 0.6) is 0 Å². The molecule has 0 atom stereocenters. The van der Waals surface area contributed by atoms with Crippen LogP contribution in [0.2, 0.25) is 0 Å². The van der Waals surface area contributed by atoms with E-state index < -0.39 is 0 Å². The van der Waals surface area contributed by atoms with Crippen molar-refractivity contribution in [1.82, 2.24) is 5.32 Å². The molecule has 3 heteroatoms. The lowest BCUT2D eigenvalue weighted by Crippen LogP contribution is -2.24. The number of hydrogen-bond acceptors (Lipinski definition) is 1. The SMILES string of the molecule is Cc1cc(Br)c2c(c1C)CC(=O)NCC2. The first-order chi connectivity index (χ1) is 7.09. The fraction of sp³-hybridized carbons (Fsp3) is 0.417. The zero-order chi connectivity index (χ0) is 11.0. The monoisotopic (exact) mass is 267 g/mol. The second-order valence-electron chi connectivity index (χ2n) is 4.03. The number of aryl methyl sites for hydroxylation is 1. The third-order valence-corrected chi connectivity index (χ3v) is 3.78. The quantitative estimate of drug-likeness (QED) is 0.768. The number of carbonyl (C=O) groups excluding carboxylic acids is 1. The summed E-state index contributed by atoms with van der Waals surface area (Å²) in [6, 6.07) is 2.14. The van der Waals surface area contributed by atoms with Crippen molar-refractivity contribution in [1.29, 1.82) is 0 Å². The summed E-state index contributed by atoms with van der Waals surface area (Å²) in [5.74, 6) is 0.134. The Balaban J connectivity index is 2.60. The number of carbonyl (C=O) groups is 1. The Morgan fingerprint density at radius 1 is 1.33 bits per heavy atom. The van der Waals surface area contributed by atoms with Gasteiger partial charge in [-0.2, -0.15) is 0 Å². The maximum Gasteiger partial charge on any atom is 0.224 e. The minimum absolute atomic E-state index is 0.134. The first-order valence-corrected chi connectivity index (χ1v) is 5.93. The van der Waals surface area contributed by atoms with E-state index in [9.17, 15) is 4.79 Å². The van der Waals surface area contributed by atoms with Crippen molar-refractivity contribution in [3.63, 3.8) is 0 Å². The summed E-state index contributed by atoms with van der Waals surface area (Å²) in [6.45, 7) is 4.93. The lowest BCUT2D eigenvalue weighted by molar-refractivity contribution is -0.120. The minimum atomic E-state index is 0.134. The predicted octanol–water partition coefficient (Wildman–Crippen LogP) is 2.28. The lowest BCUT2D eigenvalue weighted by Gasteiger charge is -2.13. The zero-order valence-electron chi connectivity index (χ0n) is 8.98. The van der Waals surface area contributed by atoms with Crippen molar-refractivity contribution in [3.8, 4) is 0 Å². The largest absolute Gasteiger partial charge is 0.355 e. The van der Waals surface area contributed by atoms with E-state index in [4.69, 9.17) is 0 Å². The van der Waals surface area contributed by atoms with Crippen LogP contribution in [0.1, 0.15) is 22.3 Å². The summed E-state index contributed by atoms with van der Waals surface area (Å²) in [5, 5.41) is 2.91. The second-order valence-corrected chi connectivity index (χ2v) is 4.89. The van der Waals surface area contributed by atoms with Gasteiger partial charge in [-0.15, -0.1) is 0 Å². The molecule has 0 radical (unpaired) electrons. The Bertz CT molecular complexity index is 426. The van der Waals surface area contributed by atoms with Crippen LogP contribution in [0.3, 0.4) is 0 Å². The third-order valence-electron chi connectivity index (χ3n) is 3.07. The molecule has 0 spiro atoms. The van der Waals surface area contributed by atoms with Gasteiger partial charge in [0.05, 0.1) is 6.42 Å². The van der Waals surface area contributed by atoms with E-state index in [1.807, 2.05) is 0 Å². The molecule has 15 heavy (non-hydrogen) atoms. The van der Waals surface area contributed by atoms with Crippen molar-refractivity contribution in [2.45, 2.75) is 26.7 Å². The highest BCUT2D eigenvalue weighted by Gasteiger charge is 2.18. The fourth-order valence-corrected chi connectivity index (χ4v) is 2.83. The lowest BCUT2D eigenvalue weighted by atomic mass is 9.94. The average Bonchev–Trinajstić information content (AvgIpc) is 2.37. The van der Waals surface area contributed by atoms with Gasteiger partial charge in [0.25, 0.3) is 0 Å². The second kappa shape index (κ2) is 3.97. The van der Waals surface area contributed by atoms with Crippen molar-refractivity contribution in [3.05, 3.63) is 32.8 Å². The highest BCUT2D eigenvalue weighted by Crippen LogP contribution is 2.28. The summed E-state index contributed by atoms with van der Waals surface area (Å²) in [6.07, 6.45) is 1.43. The molecule has 0 fully saturated rings. The normalized spacial score (nSPS) is 15.5. The molecule has 80 valence electrons. The summed E-state index contributed by atoms with van der Waals surface area (Å²) in [4.78, 5) is 11.5. The van der Waals surface area contributed by atoms with Gasteiger partial charge < -0.3 is 5.32 Å². The number of fused-ring (bicyclic) bond motifs is 1. The van der Waals surface area contributed by atoms with Crippen LogP contribution in [0.15, 0.2) is 10.5 Å².